The number of hydrogen-bond acceptors (Lipinski definition) is 1. The number of benzene rings is 1. The molecule has 1 aliphatic rings. The summed E-state index contributed by atoms with van der Waals surface area (Å²) in [4.78, 5) is 13.5. The molecule has 1 aromatic rings. The Morgan fingerprint density at radius 3 is 2.53 bits per heavy atom. The summed E-state index contributed by atoms with van der Waals surface area (Å²) in [5.41, 5.74) is 1.08. The van der Waals surface area contributed by atoms with Gasteiger partial charge in [-0.1, -0.05) is 30.3 Å². The van der Waals surface area contributed by atoms with E-state index >= 15 is 0 Å². The van der Waals surface area contributed by atoms with E-state index in [2.05, 4.69) is 19.2 Å². The molecule has 2 rings (SSSR count). The predicted octanol–water partition coefficient (Wildman–Crippen LogP) is 1.99. The molecule has 1 saturated heterocycles. The summed E-state index contributed by atoms with van der Waals surface area (Å²) in [5, 5.41) is 2.87. The van der Waals surface area contributed by atoms with Crippen molar-refractivity contribution in [3.05, 3.63) is 35.9 Å². The van der Waals surface area contributed by atoms with Crippen LogP contribution in [0.25, 0.3) is 0 Å². The highest BCUT2D eigenvalue weighted by Gasteiger charge is 2.37. The van der Waals surface area contributed by atoms with Gasteiger partial charge in [0.05, 0.1) is 5.54 Å². The summed E-state index contributed by atoms with van der Waals surface area (Å²) in [6, 6.07) is 10.1. The zero-order valence-corrected chi connectivity index (χ0v) is 9.16. The Hall–Kier alpha value is -1.51. The Balaban J connectivity index is 2.15. The van der Waals surface area contributed by atoms with Crippen molar-refractivity contribution in [3.8, 4) is 0 Å². The molecule has 1 fully saturated rings. The maximum atomic E-state index is 11.6. The molecule has 0 saturated carbocycles. The van der Waals surface area contributed by atoms with Gasteiger partial charge in [0.2, 0.25) is 0 Å². The summed E-state index contributed by atoms with van der Waals surface area (Å²) in [7, 11) is 0. The third kappa shape index (κ3) is 1.96. The fraction of sp³-hybridized carbons (Fsp3) is 0.417. The fourth-order valence-corrected chi connectivity index (χ4v) is 1.81. The lowest BCUT2D eigenvalue weighted by Gasteiger charge is -2.29. The molecular formula is C12H16N2O. The van der Waals surface area contributed by atoms with Gasteiger partial charge < -0.3 is 10.2 Å². The summed E-state index contributed by atoms with van der Waals surface area (Å²) in [6.07, 6.45) is 0. The van der Waals surface area contributed by atoms with E-state index in [1.54, 1.807) is 0 Å². The largest absolute Gasteiger partial charge is 0.336 e. The number of rotatable bonds is 2. The lowest BCUT2D eigenvalue weighted by molar-refractivity contribution is 0.172. The minimum Gasteiger partial charge on any atom is -0.336 e. The number of amides is 2. The Bertz CT molecular complexity index is 359. The van der Waals surface area contributed by atoms with E-state index in [4.69, 9.17) is 0 Å². The van der Waals surface area contributed by atoms with Crippen LogP contribution in [0.3, 0.4) is 0 Å². The first-order chi connectivity index (χ1) is 7.09. The molecule has 1 aromatic carbocycles. The second-order valence-electron chi connectivity index (χ2n) is 4.54. The first-order valence-corrected chi connectivity index (χ1v) is 5.19. The average molecular weight is 204 g/mol. The summed E-state index contributed by atoms with van der Waals surface area (Å²) in [6.45, 7) is 5.56. The predicted molar refractivity (Wildman–Crippen MR) is 59.5 cm³/mol. The van der Waals surface area contributed by atoms with E-state index in [-0.39, 0.29) is 11.6 Å². The van der Waals surface area contributed by atoms with Gasteiger partial charge in [-0.2, -0.15) is 0 Å². The summed E-state index contributed by atoms with van der Waals surface area (Å²) < 4.78 is 0. The zero-order valence-electron chi connectivity index (χ0n) is 9.16. The Labute approximate surface area is 90.1 Å². The van der Waals surface area contributed by atoms with E-state index < -0.39 is 0 Å². The number of urea groups is 1. The van der Waals surface area contributed by atoms with Crippen molar-refractivity contribution in [3.63, 3.8) is 0 Å². The van der Waals surface area contributed by atoms with Crippen molar-refractivity contribution in [2.45, 2.75) is 25.9 Å². The molecule has 0 radical (unpaired) electrons. The van der Waals surface area contributed by atoms with Crippen LogP contribution >= 0.6 is 0 Å². The number of carbonyl (C=O) groups is 1. The van der Waals surface area contributed by atoms with E-state index in [1.165, 1.54) is 5.56 Å². The molecule has 2 amide bonds. The maximum Gasteiger partial charge on any atom is 0.318 e. The smallest absolute Gasteiger partial charge is 0.318 e. The number of carbonyl (C=O) groups excluding carboxylic acids is 1. The topological polar surface area (TPSA) is 32.3 Å². The van der Waals surface area contributed by atoms with Gasteiger partial charge in [-0.25, -0.2) is 4.79 Å². The highest BCUT2D eigenvalue weighted by Crippen LogP contribution is 2.21. The highest BCUT2D eigenvalue weighted by atomic mass is 16.2. The second-order valence-corrected chi connectivity index (χ2v) is 4.54. The van der Waals surface area contributed by atoms with Gasteiger partial charge >= 0.3 is 6.03 Å². The standard InChI is InChI=1S/C12H16N2O/c1-12(2)9-13-11(15)14(12)8-10-6-4-3-5-7-10/h3-7H,8-9H2,1-2H3,(H,13,15). The van der Waals surface area contributed by atoms with Crippen LogP contribution in [0, 0.1) is 0 Å². The second kappa shape index (κ2) is 3.57. The molecule has 0 bridgehead atoms. The highest BCUT2D eigenvalue weighted by molar-refractivity contribution is 5.77. The van der Waals surface area contributed by atoms with Crippen molar-refractivity contribution < 1.29 is 4.79 Å². The molecule has 3 heteroatoms. The summed E-state index contributed by atoms with van der Waals surface area (Å²) >= 11 is 0. The molecule has 0 atom stereocenters. The van der Waals surface area contributed by atoms with E-state index in [1.807, 2.05) is 35.2 Å². The number of hydrogen-bond donors (Lipinski definition) is 1. The van der Waals surface area contributed by atoms with Gasteiger partial charge in [0.15, 0.2) is 0 Å². The van der Waals surface area contributed by atoms with Crippen molar-refractivity contribution >= 4 is 6.03 Å². The van der Waals surface area contributed by atoms with E-state index in [0.717, 1.165) is 6.54 Å². The van der Waals surface area contributed by atoms with Crippen molar-refractivity contribution in [1.29, 1.82) is 0 Å². The third-order valence-electron chi connectivity index (χ3n) is 2.83. The van der Waals surface area contributed by atoms with Crippen LogP contribution in [-0.2, 0) is 6.54 Å². The van der Waals surface area contributed by atoms with Gasteiger partial charge in [-0.15, -0.1) is 0 Å². The first-order valence-electron chi connectivity index (χ1n) is 5.19. The Morgan fingerprint density at radius 2 is 2.00 bits per heavy atom. The maximum absolute atomic E-state index is 11.6. The minimum absolute atomic E-state index is 0.0313. The molecule has 0 unspecified atom stereocenters. The van der Waals surface area contributed by atoms with Crippen molar-refractivity contribution in [1.82, 2.24) is 10.2 Å². The van der Waals surface area contributed by atoms with Gasteiger partial charge in [0, 0.05) is 13.1 Å². The Morgan fingerprint density at radius 1 is 1.33 bits per heavy atom. The molecule has 0 aliphatic carbocycles. The van der Waals surface area contributed by atoms with Gasteiger partial charge in [0.25, 0.3) is 0 Å². The minimum atomic E-state index is -0.0904. The lowest BCUT2D eigenvalue weighted by Crippen LogP contribution is -2.41. The van der Waals surface area contributed by atoms with Crippen LogP contribution in [0.4, 0.5) is 4.79 Å². The van der Waals surface area contributed by atoms with E-state index in [9.17, 15) is 4.79 Å². The molecule has 1 heterocycles. The monoisotopic (exact) mass is 204 g/mol. The third-order valence-corrected chi connectivity index (χ3v) is 2.83. The first kappa shape index (κ1) is 10.0. The Kier molecular flexibility index (Phi) is 2.39. The van der Waals surface area contributed by atoms with Gasteiger partial charge in [-0.05, 0) is 19.4 Å². The molecule has 0 spiro atoms. The molecule has 1 aliphatic heterocycles. The molecule has 80 valence electrons. The summed E-state index contributed by atoms with van der Waals surface area (Å²) in [5.74, 6) is 0. The van der Waals surface area contributed by atoms with E-state index in [0.29, 0.717) is 6.54 Å². The van der Waals surface area contributed by atoms with Crippen LogP contribution in [0.5, 0.6) is 0 Å². The molecule has 0 aromatic heterocycles. The van der Waals surface area contributed by atoms with Crippen LogP contribution in [0.1, 0.15) is 19.4 Å². The van der Waals surface area contributed by atoms with Crippen molar-refractivity contribution in [2.75, 3.05) is 6.54 Å². The van der Waals surface area contributed by atoms with Gasteiger partial charge in [-0.3, -0.25) is 0 Å². The zero-order chi connectivity index (χ0) is 10.9. The average Bonchev–Trinajstić information content (AvgIpc) is 2.47. The van der Waals surface area contributed by atoms with Crippen LogP contribution in [-0.4, -0.2) is 23.0 Å². The fourth-order valence-electron chi connectivity index (χ4n) is 1.81. The lowest BCUT2D eigenvalue weighted by atomic mass is 10.0. The van der Waals surface area contributed by atoms with Crippen molar-refractivity contribution in [2.24, 2.45) is 0 Å². The SMILES string of the molecule is CC1(C)CNC(=O)N1Cc1ccccc1. The molecule has 3 nitrogen and oxygen atoms in total. The molecule has 15 heavy (non-hydrogen) atoms. The normalized spacial score (nSPS) is 19.1. The number of nitrogens with zero attached hydrogens (tertiary/aromatic N) is 1. The van der Waals surface area contributed by atoms with Crippen LogP contribution in [0.2, 0.25) is 0 Å². The molecule has 1 N–H and O–H groups in total. The molecular weight excluding hydrogens is 188 g/mol. The van der Waals surface area contributed by atoms with Gasteiger partial charge in [0.1, 0.15) is 0 Å². The quantitative estimate of drug-likeness (QED) is 0.785. The van der Waals surface area contributed by atoms with Crippen LogP contribution < -0.4 is 5.32 Å². The van der Waals surface area contributed by atoms with Crippen LogP contribution in [0.15, 0.2) is 30.3 Å². The number of nitrogens with one attached hydrogen (secondary N) is 1.